The fourth-order valence-electron chi connectivity index (χ4n) is 3.72. The van der Waals surface area contributed by atoms with E-state index in [0.717, 1.165) is 6.42 Å². The van der Waals surface area contributed by atoms with Crippen LogP contribution in [0.1, 0.15) is 41.7 Å². The van der Waals surface area contributed by atoms with E-state index in [1.807, 2.05) is 6.92 Å². The minimum atomic E-state index is -2.19. The van der Waals surface area contributed by atoms with Gasteiger partial charge >= 0.3 is 0 Å². The van der Waals surface area contributed by atoms with Crippen LogP contribution in [0.2, 0.25) is 5.02 Å². The number of hydrogen-bond acceptors (Lipinski definition) is 3. The lowest BCUT2D eigenvalue weighted by Crippen LogP contribution is -2.29. The third kappa shape index (κ3) is 4.08. The fraction of sp³-hybridized carbons (Fsp3) is 0.174. The Balaban J connectivity index is 2.00. The van der Waals surface area contributed by atoms with Gasteiger partial charge in [0.1, 0.15) is 16.5 Å². The first-order valence-electron chi connectivity index (χ1n) is 9.90. The maximum atomic E-state index is 14.9. The molecule has 4 rings (SSSR count). The summed E-state index contributed by atoms with van der Waals surface area (Å²) in [6, 6.07) is 10.9. The average molecular weight is 477 g/mol. The van der Waals surface area contributed by atoms with Crippen molar-refractivity contribution in [3.8, 4) is 16.9 Å². The molecule has 0 saturated carbocycles. The molecule has 3 aromatic carbocycles. The maximum Gasteiger partial charge on any atom is 0.251 e. The zero-order valence-corrected chi connectivity index (χ0v) is 18.5. The highest BCUT2D eigenvalue weighted by atomic mass is 35.5. The summed E-state index contributed by atoms with van der Waals surface area (Å²) < 4.78 is 44.8. The molecule has 3 N–H and O–H groups in total. The van der Waals surface area contributed by atoms with Crippen molar-refractivity contribution in [2.45, 2.75) is 30.7 Å². The van der Waals surface area contributed by atoms with E-state index in [4.69, 9.17) is 11.6 Å². The van der Waals surface area contributed by atoms with Crippen LogP contribution in [0.3, 0.4) is 0 Å². The second-order valence-electron chi connectivity index (χ2n) is 7.39. The fourth-order valence-corrected chi connectivity index (χ4v) is 4.98. The van der Waals surface area contributed by atoms with E-state index in [1.165, 1.54) is 18.2 Å². The van der Waals surface area contributed by atoms with Gasteiger partial charge in [-0.2, -0.15) is 0 Å². The molecule has 5 nitrogen and oxygen atoms in total. The standard InChI is InChI=1S/C23H19ClF2N2O3S/c1-2-5-19-14-7-4-3-6-13(14)15-10-20(18(26)11-17(15)25)28-32(31)21-9-12(23(30)27-19)8-16(24)22(21)29/h3-4,6-11,19,28-29H,2,5H2,1H3,(H,27,30). The molecule has 166 valence electrons. The Morgan fingerprint density at radius 1 is 1.09 bits per heavy atom. The Morgan fingerprint density at radius 3 is 2.59 bits per heavy atom. The van der Waals surface area contributed by atoms with Gasteiger partial charge < -0.3 is 10.4 Å². The molecule has 1 heterocycles. The van der Waals surface area contributed by atoms with Crippen LogP contribution >= 0.6 is 11.6 Å². The summed E-state index contributed by atoms with van der Waals surface area (Å²) in [5, 5.41) is 13.0. The number of aromatic hydroxyl groups is 1. The molecule has 9 heteroatoms. The summed E-state index contributed by atoms with van der Waals surface area (Å²) in [4.78, 5) is 12.9. The Bertz CT molecular complexity index is 1250. The van der Waals surface area contributed by atoms with Crippen LogP contribution in [0.25, 0.3) is 11.1 Å². The number of rotatable bonds is 2. The molecule has 2 unspecified atom stereocenters. The van der Waals surface area contributed by atoms with Crippen molar-refractivity contribution in [2.75, 3.05) is 4.72 Å². The van der Waals surface area contributed by atoms with Gasteiger partial charge in [0.25, 0.3) is 5.91 Å². The van der Waals surface area contributed by atoms with Gasteiger partial charge in [-0.3, -0.25) is 9.52 Å². The Morgan fingerprint density at radius 2 is 1.84 bits per heavy atom. The maximum absolute atomic E-state index is 14.9. The molecule has 3 aromatic rings. The number of benzene rings is 3. The van der Waals surface area contributed by atoms with Gasteiger partial charge in [-0.15, -0.1) is 0 Å². The van der Waals surface area contributed by atoms with Crippen molar-refractivity contribution in [2.24, 2.45) is 0 Å². The van der Waals surface area contributed by atoms with Crippen molar-refractivity contribution >= 4 is 34.2 Å². The zero-order chi connectivity index (χ0) is 23.0. The molecule has 0 saturated heterocycles. The second-order valence-corrected chi connectivity index (χ2v) is 8.98. The minimum absolute atomic E-state index is 0.0779. The van der Waals surface area contributed by atoms with E-state index >= 15 is 0 Å². The van der Waals surface area contributed by atoms with Gasteiger partial charge in [0, 0.05) is 17.2 Å². The predicted octanol–water partition coefficient (Wildman–Crippen LogP) is 5.71. The SMILES string of the molecule is CCCC1NC(=O)c2cc(Cl)c(O)c(c2)S(=O)Nc2cc(c(F)cc2F)-c2ccccc21. The van der Waals surface area contributed by atoms with Gasteiger partial charge in [0.05, 0.1) is 16.8 Å². The Kier molecular flexibility index (Phi) is 6.17. The number of anilines is 1. The highest BCUT2D eigenvalue weighted by Gasteiger charge is 2.25. The number of amides is 1. The third-order valence-electron chi connectivity index (χ3n) is 5.26. The molecule has 1 aliphatic rings. The van der Waals surface area contributed by atoms with E-state index in [0.29, 0.717) is 23.6 Å². The summed E-state index contributed by atoms with van der Waals surface area (Å²) in [5.41, 5.74) is 1.08. The largest absolute Gasteiger partial charge is 0.505 e. The number of hydrogen-bond donors (Lipinski definition) is 3. The van der Waals surface area contributed by atoms with Crippen molar-refractivity contribution < 1.29 is 22.9 Å². The van der Waals surface area contributed by atoms with E-state index in [9.17, 15) is 22.9 Å². The van der Waals surface area contributed by atoms with Crippen LogP contribution < -0.4 is 10.0 Å². The monoisotopic (exact) mass is 476 g/mol. The zero-order valence-electron chi connectivity index (χ0n) is 16.9. The normalized spacial score (nSPS) is 17.8. The van der Waals surface area contributed by atoms with E-state index in [-0.39, 0.29) is 26.7 Å². The second kappa shape index (κ2) is 8.88. The molecule has 1 aliphatic heterocycles. The predicted molar refractivity (Wildman–Crippen MR) is 120 cm³/mol. The smallest absolute Gasteiger partial charge is 0.251 e. The number of phenols is 1. The summed E-state index contributed by atoms with van der Waals surface area (Å²) in [6.45, 7) is 1.95. The van der Waals surface area contributed by atoms with Crippen LogP contribution in [0.4, 0.5) is 14.5 Å². The number of carbonyl (C=O) groups is 1. The third-order valence-corrected chi connectivity index (χ3v) is 6.66. The van der Waals surface area contributed by atoms with Crippen molar-refractivity contribution in [3.05, 3.63) is 76.3 Å². The van der Waals surface area contributed by atoms with Crippen LogP contribution in [-0.2, 0) is 11.0 Å². The van der Waals surface area contributed by atoms with Gasteiger partial charge in [-0.05, 0) is 35.7 Å². The highest BCUT2D eigenvalue weighted by molar-refractivity contribution is 7.86. The molecule has 0 aliphatic carbocycles. The van der Waals surface area contributed by atoms with Gasteiger partial charge in [0.2, 0.25) is 0 Å². The van der Waals surface area contributed by atoms with E-state index in [2.05, 4.69) is 10.0 Å². The molecule has 0 spiro atoms. The Hall–Kier alpha value is -2.97. The summed E-state index contributed by atoms with van der Waals surface area (Å²) in [7, 11) is -2.19. The highest BCUT2D eigenvalue weighted by Crippen LogP contribution is 2.37. The van der Waals surface area contributed by atoms with Crippen LogP contribution in [0.5, 0.6) is 5.75 Å². The Labute approximate surface area is 191 Å². The number of nitrogens with one attached hydrogen (secondary N) is 2. The number of phenolic OH excluding ortho intramolecular Hbond substituents is 1. The average Bonchev–Trinajstić information content (AvgIpc) is 2.76. The topological polar surface area (TPSA) is 78.4 Å². The van der Waals surface area contributed by atoms with Gasteiger partial charge in [0.15, 0.2) is 16.7 Å². The molecule has 0 radical (unpaired) electrons. The lowest BCUT2D eigenvalue weighted by atomic mass is 9.92. The van der Waals surface area contributed by atoms with Gasteiger partial charge in [-0.25, -0.2) is 13.0 Å². The molecular formula is C23H19ClF2N2O3S. The van der Waals surface area contributed by atoms with Crippen LogP contribution in [0, 0.1) is 11.6 Å². The van der Waals surface area contributed by atoms with E-state index in [1.54, 1.807) is 24.3 Å². The van der Waals surface area contributed by atoms with Crippen LogP contribution in [-0.4, -0.2) is 15.2 Å². The summed E-state index contributed by atoms with van der Waals surface area (Å²) in [6.07, 6.45) is 1.28. The van der Waals surface area contributed by atoms with Crippen molar-refractivity contribution in [3.63, 3.8) is 0 Å². The first-order chi connectivity index (χ1) is 15.3. The minimum Gasteiger partial charge on any atom is -0.505 e. The molecule has 32 heavy (non-hydrogen) atoms. The van der Waals surface area contributed by atoms with E-state index < -0.39 is 40.3 Å². The van der Waals surface area contributed by atoms with Crippen molar-refractivity contribution in [1.82, 2.24) is 5.32 Å². The number of halogens is 3. The molecule has 0 aromatic heterocycles. The van der Waals surface area contributed by atoms with Crippen LogP contribution in [0.15, 0.2) is 53.4 Å². The molecular weight excluding hydrogens is 458 g/mol. The molecule has 4 bridgehead atoms. The number of carbonyl (C=O) groups excluding carboxylic acids is 1. The van der Waals surface area contributed by atoms with Crippen molar-refractivity contribution in [1.29, 1.82) is 0 Å². The molecule has 1 amide bonds. The summed E-state index contributed by atoms with van der Waals surface area (Å²) >= 11 is 6.07. The first kappa shape index (κ1) is 22.2. The first-order valence-corrected chi connectivity index (χ1v) is 11.4. The summed E-state index contributed by atoms with van der Waals surface area (Å²) in [5.74, 6) is -2.75. The number of fused-ring (bicyclic) bond motifs is 6. The molecule has 0 fully saturated rings. The van der Waals surface area contributed by atoms with Gasteiger partial charge in [-0.1, -0.05) is 49.2 Å². The lowest BCUT2D eigenvalue weighted by molar-refractivity contribution is 0.0934. The molecule has 2 atom stereocenters. The quantitative estimate of drug-likeness (QED) is 0.443. The lowest BCUT2D eigenvalue weighted by Gasteiger charge is -2.22.